The molecule has 0 aliphatic heterocycles. The summed E-state index contributed by atoms with van der Waals surface area (Å²) in [6.07, 6.45) is 2.85. The van der Waals surface area contributed by atoms with Crippen molar-refractivity contribution in [2.75, 3.05) is 24.2 Å². The first-order chi connectivity index (χ1) is 12.1. The van der Waals surface area contributed by atoms with Gasteiger partial charge in [0.2, 0.25) is 15.9 Å². The van der Waals surface area contributed by atoms with E-state index in [0.717, 1.165) is 34.4 Å². The fraction of sp³-hybridized carbons (Fsp3) is 0.412. The molecule has 0 fully saturated rings. The fourth-order valence-corrected chi connectivity index (χ4v) is 3.34. The average molecular weight is 382 g/mol. The topological polar surface area (TPSA) is 75.5 Å². The van der Waals surface area contributed by atoms with E-state index in [1.165, 1.54) is 23.1 Å². The third-order valence-corrected chi connectivity index (χ3v) is 5.12. The number of benzene rings is 1. The number of aromatic nitrogens is 2. The van der Waals surface area contributed by atoms with Crippen molar-refractivity contribution in [1.82, 2.24) is 14.7 Å². The maximum absolute atomic E-state index is 13.5. The number of nitrogens with zero attached hydrogens (tertiary/aromatic N) is 4. The van der Waals surface area contributed by atoms with Gasteiger partial charge in [0.1, 0.15) is 12.4 Å². The van der Waals surface area contributed by atoms with Gasteiger partial charge < -0.3 is 4.90 Å². The third kappa shape index (κ3) is 4.81. The number of halogens is 1. The van der Waals surface area contributed by atoms with E-state index in [0.29, 0.717) is 6.54 Å². The molecule has 0 saturated heterocycles. The van der Waals surface area contributed by atoms with E-state index in [9.17, 15) is 17.6 Å². The summed E-state index contributed by atoms with van der Waals surface area (Å²) in [5, 5.41) is 4.33. The molecule has 2 rings (SSSR count). The summed E-state index contributed by atoms with van der Waals surface area (Å²) in [5.74, 6) is -0.970. The lowest BCUT2D eigenvalue weighted by molar-refractivity contribution is -0.128. The minimum absolute atomic E-state index is 0.115. The Kier molecular flexibility index (Phi) is 6.01. The van der Waals surface area contributed by atoms with E-state index in [-0.39, 0.29) is 5.69 Å². The normalized spacial score (nSPS) is 11.4. The molecule has 0 bridgehead atoms. The fourth-order valence-electron chi connectivity index (χ4n) is 2.49. The summed E-state index contributed by atoms with van der Waals surface area (Å²) in [5.41, 5.74) is 1.82. The van der Waals surface area contributed by atoms with Gasteiger partial charge in [-0.15, -0.1) is 0 Å². The number of anilines is 1. The van der Waals surface area contributed by atoms with Crippen LogP contribution in [0.15, 0.2) is 30.5 Å². The Bertz CT molecular complexity index is 895. The molecule has 0 radical (unpaired) electrons. The third-order valence-electron chi connectivity index (χ3n) is 3.98. The van der Waals surface area contributed by atoms with Crippen molar-refractivity contribution in [3.8, 4) is 0 Å². The maximum Gasteiger partial charge on any atom is 0.243 e. The number of aryl methyl sites for hydroxylation is 2. The van der Waals surface area contributed by atoms with E-state index < -0.39 is 28.3 Å². The summed E-state index contributed by atoms with van der Waals surface area (Å²) in [7, 11) is -2.15. The molecule has 0 spiro atoms. The van der Waals surface area contributed by atoms with E-state index in [2.05, 4.69) is 5.10 Å². The molecule has 1 aromatic heterocycles. The highest BCUT2D eigenvalue weighted by Crippen LogP contribution is 2.19. The Hall–Kier alpha value is -2.42. The molecule has 0 aliphatic rings. The number of likely N-dealkylation sites (N-methyl/N-ethyl adjacent to an activating group) is 1. The van der Waals surface area contributed by atoms with Gasteiger partial charge in [-0.3, -0.25) is 13.8 Å². The van der Waals surface area contributed by atoms with Crippen molar-refractivity contribution in [2.45, 2.75) is 26.9 Å². The Morgan fingerprint density at radius 3 is 2.58 bits per heavy atom. The maximum atomic E-state index is 13.5. The Morgan fingerprint density at radius 2 is 2.04 bits per heavy atom. The van der Waals surface area contributed by atoms with Gasteiger partial charge in [-0.2, -0.15) is 5.10 Å². The van der Waals surface area contributed by atoms with Gasteiger partial charge in [0.15, 0.2) is 0 Å². The Morgan fingerprint density at radius 1 is 1.35 bits per heavy atom. The van der Waals surface area contributed by atoms with Crippen LogP contribution in [0, 0.1) is 12.7 Å². The van der Waals surface area contributed by atoms with E-state index in [1.807, 2.05) is 20.0 Å². The number of sulfonamides is 1. The molecule has 26 heavy (non-hydrogen) atoms. The molecule has 142 valence electrons. The molecule has 0 unspecified atom stereocenters. The summed E-state index contributed by atoms with van der Waals surface area (Å²) >= 11 is 0. The van der Waals surface area contributed by atoms with Crippen LogP contribution in [0.2, 0.25) is 0 Å². The largest absolute Gasteiger partial charge is 0.340 e. The van der Waals surface area contributed by atoms with Gasteiger partial charge in [-0.1, -0.05) is 6.07 Å². The molecule has 1 amide bonds. The highest BCUT2D eigenvalue weighted by atomic mass is 32.2. The summed E-state index contributed by atoms with van der Waals surface area (Å²) in [6, 6.07) is 5.15. The second-order valence-electron chi connectivity index (χ2n) is 6.09. The molecule has 1 heterocycles. The standard InChI is InChI=1S/C17H23FN4O3S/c1-5-21-11-14(13(2)19-21)10-20(3)17(23)12-22(26(4,24)25)16-8-6-7-15(18)9-16/h6-9,11H,5,10,12H2,1-4H3. The second-order valence-corrected chi connectivity index (χ2v) is 8.00. The van der Waals surface area contributed by atoms with Crippen molar-refractivity contribution >= 4 is 21.6 Å². The molecule has 1 aromatic carbocycles. The lowest BCUT2D eigenvalue weighted by atomic mass is 10.2. The first-order valence-electron chi connectivity index (χ1n) is 8.12. The van der Waals surface area contributed by atoms with Crippen molar-refractivity contribution in [1.29, 1.82) is 0 Å². The van der Waals surface area contributed by atoms with Gasteiger partial charge in [0, 0.05) is 31.9 Å². The quantitative estimate of drug-likeness (QED) is 0.731. The predicted octanol–water partition coefficient (Wildman–Crippen LogP) is 1.78. The van der Waals surface area contributed by atoms with Crippen LogP contribution < -0.4 is 4.31 Å². The van der Waals surface area contributed by atoms with Crippen LogP contribution in [-0.4, -0.2) is 48.9 Å². The summed E-state index contributed by atoms with van der Waals surface area (Å²) < 4.78 is 40.3. The van der Waals surface area contributed by atoms with E-state index in [4.69, 9.17) is 0 Å². The molecule has 2 aromatic rings. The van der Waals surface area contributed by atoms with Crippen LogP contribution in [0.1, 0.15) is 18.2 Å². The van der Waals surface area contributed by atoms with Gasteiger partial charge in [0.05, 0.1) is 17.6 Å². The molecule has 9 heteroatoms. The van der Waals surface area contributed by atoms with Gasteiger partial charge in [0.25, 0.3) is 0 Å². The van der Waals surface area contributed by atoms with Crippen molar-refractivity contribution in [3.63, 3.8) is 0 Å². The lowest BCUT2D eigenvalue weighted by Crippen LogP contribution is -2.41. The zero-order valence-electron chi connectivity index (χ0n) is 15.3. The van der Waals surface area contributed by atoms with Gasteiger partial charge in [-0.25, -0.2) is 12.8 Å². The van der Waals surface area contributed by atoms with Crippen molar-refractivity contribution in [2.24, 2.45) is 0 Å². The lowest BCUT2D eigenvalue weighted by Gasteiger charge is -2.25. The number of hydrogen-bond acceptors (Lipinski definition) is 4. The highest BCUT2D eigenvalue weighted by Gasteiger charge is 2.23. The monoisotopic (exact) mass is 382 g/mol. The van der Waals surface area contributed by atoms with Gasteiger partial charge in [-0.05, 0) is 32.0 Å². The molecular formula is C17H23FN4O3S. The zero-order chi connectivity index (χ0) is 19.5. The van der Waals surface area contributed by atoms with Gasteiger partial charge >= 0.3 is 0 Å². The molecule has 0 N–H and O–H groups in total. The second kappa shape index (κ2) is 7.86. The average Bonchev–Trinajstić information content (AvgIpc) is 2.91. The first kappa shape index (κ1) is 19.9. The molecule has 0 atom stereocenters. The highest BCUT2D eigenvalue weighted by molar-refractivity contribution is 7.92. The number of carbonyl (C=O) groups excluding carboxylic acids is 1. The Labute approximate surface area is 153 Å². The SMILES string of the molecule is CCn1cc(CN(C)C(=O)CN(c2cccc(F)c2)S(C)(=O)=O)c(C)n1. The van der Waals surface area contributed by atoms with E-state index >= 15 is 0 Å². The van der Waals surface area contributed by atoms with Crippen LogP contribution in [0.4, 0.5) is 10.1 Å². The molecule has 0 saturated carbocycles. The van der Waals surface area contributed by atoms with Crippen LogP contribution in [0.5, 0.6) is 0 Å². The number of carbonyl (C=O) groups is 1. The smallest absolute Gasteiger partial charge is 0.243 e. The molecule has 7 nitrogen and oxygen atoms in total. The summed E-state index contributed by atoms with van der Waals surface area (Å²) in [4.78, 5) is 14.0. The number of rotatable bonds is 7. The Balaban J connectivity index is 2.17. The minimum atomic E-state index is -3.74. The predicted molar refractivity (Wildman–Crippen MR) is 97.7 cm³/mol. The van der Waals surface area contributed by atoms with Crippen LogP contribution in [0.3, 0.4) is 0 Å². The van der Waals surface area contributed by atoms with Crippen LogP contribution >= 0.6 is 0 Å². The van der Waals surface area contributed by atoms with Crippen LogP contribution in [0.25, 0.3) is 0 Å². The van der Waals surface area contributed by atoms with Crippen molar-refractivity contribution in [3.05, 3.63) is 47.5 Å². The molecular weight excluding hydrogens is 359 g/mol. The van der Waals surface area contributed by atoms with E-state index in [1.54, 1.807) is 11.7 Å². The van der Waals surface area contributed by atoms with Crippen LogP contribution in [-0.2, 0) is 27.9 Å². The van der Waals surface area contributed by atoms with Crippen molar-refractivity contribution < 1.29 is 17.6 Å². The summed E-state index contributed by atoms with van der Waals surface area (Å²) in [6.45, 7) is 4.45. The first-order valence-corrected chi connectivity index (χ1v) is 9.96. The number of hydrogen-bond donors (Lipinski definition) is 0. The molecule has 0 aliphatic carbocycles. The number of amides is 1. The zero-order valence-corrected chi connectivity index (χ0v) is 16.1. The minimum Gasteiger partial charge on any atom is -0.340 e.